The minimum Gasteiger partial charge on any atom is -0.464 e. The molecule has 0 saturated carbocycles. The molecule has 148 valence electrons. The molecule has 3 aromatic rings. The number of benzene rings is 1. The van der Waals surface area contributed by atoms with Gasteiger partial charge in [-0.25, -0.2) is 9.78 Å². The number of methoxy groups -OCH3 is 1. The van der Waals surface area contributed by atoms with Crippen LogP contribution in [0.3, 0.4) is 0 Å². The van der Waals surface area contributed by atoms with Crippen LogP contribution in [-0.4, -0.2) is 40.9 Å². The smallest absolute Gasteiger partial charge is 0.356 e. The summed E-state index contributed by atoms with van der Waals surface area (Å²) in [4.78, 5) is 27.7. The Bertz CT molecular complexity index is 1060. The second-order valence-corrected chi connectivity index (χ2v) is 7.53. The molecule has 0 radical (unpaired) electrons. The van der Waals surface area contributed by atoms with Crippen LogP contribution in [0, 0.1) is 0 Å². The van der Waals surface area contributed by atoms with Crippen molar-refractivity contribution in [3.63, 3.8) is 0 Å². The van der Waals surface area contributed by atoms with E-state index in [-0.39, 0.29) is 12.1 Å². The van der Waals surface area contributed by atoms with Crippen molar-refractivity contribution in [3.8, 4) is 0 Å². The number of ether oxygens (including phenoxy) is 1. The third-order valence-corrected chi connectivity index (χ3v) is 5.75. The van der Waals surface area contributed by atoms with Crippen LogP contribution in [0.2, 0.25) is 0 Å². The SMILES string of the molecule is COC(=O)c1cccc(C2N[N+]3(CCCC3)OC2c2ccnc3ccccc23)n1. The monoisotopic (exact) mass is 391 g/mol. The molecule has 1 aromatic carbocycles. The third kappa shape index (κ3) is 3.17. The van der Waals surface area contributed by atoms with Gasteiger partial charge in [0, 0.05) is 30.0 Å². The molecule has 29 heavy (non-hydrogen) atoms. The first-order chi connectivity index (χ1) is 14.2. The lowest BCUT2D eigenvalue weighted by Crippen LogP contribution is -2.50. The molecule has 2 fully saturated rings. The normalized spacial score (nSPS) is 22.9. The molecular formula is C22H23N4O3+. The fourth-order valence-electron chi connectivity index (χ4n) is 4.38. The Morgan fingerprint density at radius 3 is 2.79 bits per heavy atom. The fraction of sp³-hybridized carbons (Fsp3) is 0.318. The fourth-order valence-corrected chi connectivity index (χ4v) is 4.38. The number of carbonyl (C=O) groups excluding carboxylic acids is 1. The molecule has 7 heteroatoms. The van der Waals surface area contributed by atoms with Gasteiger partial charge in [-0.2, -0.15) is 4.84 Å². The number of hydrogen-bond acceptors (Lipinski definition) is 6. The molecule has 4 heterocycles. The lowest BCUT2D eigenvalue weighted by atomic mass is 9.97. The van der Waals surface area contributed by atoms with Crippen LogP contribution in [0.15, 0.2) is 54.7 Å². The van der Waals surface area contributed by atoms with Crippen molar-refractivity contribution in [2.24, 2.45) is 0 Å². The van der Waals surface area contributed by atoms with Crippen molar-refractivity contribution in [2.75, 3.05) is 20.2 Å². The van der Waals surface area contributed by atoms with Gasteiger partial charge >= 0.3 is 5.97 Å². The summed E-state index contributed by atoms with van der Waals surface area (Å²) in [5.41, 5.74) is 6.72. The Balaban J connectivity index is 1.61. The first-order valence-corrected chi connectivity index (χ1v) is 9.91. The first-order valence-electron chi connectivity index (χ1n) is 9.91. The standard InChI is InChI=1S/C22H23N4O3/c1-28-22(27)19-10-6-9-18(24-19)20-21(29-26(25-20)13-4-5-14-26)16-11-12-23-17-8-3-2-7-15(16)17/h2-3,6-12,20-21,25H,4-5,13-14H2,1H3/q+1. The van der Waals surface area contributed by atoms with Crippen LogP contribution in [0.25, 0.3) is 10.9 Å². The van der Waals surface area contributed by atoms with Crippen molar-refractivity contribution in [1.82, 2.24) is 15.4 Å². The lowest BCUT2D eigenvalue weighted by Gasteiger charge is -2.24. The first kappa shape index (κ1) is 18.2. The van der Waals surface area contributed by atoms with Crippen molar-refractivity contribution >= 4 is 16.9 Å². The van der Waals surface area contributed by atoms with Crippen LogP contribution < -0.4 is 5.43 Å². The van der Waals surface area contributed by atoms with Crippen molar-refractivity contribution < 1.29 is 19.1 Å². The summed E-state index contributed by atoms with van der Waals surface area (Å²) in [5.74, 6) is -0.443. The summed E-state index contributed by atoms with van der Waals surface area (Å²) in [6, 6.07) is 15.3. The van der Waals surface area contributed by atoms with Crippen LogP contribution in [-0.2, 0) is 9.57 Å². The molecule has 1 spiro atoms. The van der Waals surface area contributed by atoms with Crippen LogP contribution in [0.4, 0.5) is 0 Å². The molecule has 2 unspecified atom stereocenters. The number of hydrogen-bond donors (Lipinski definition) is 1. The van der Waals surface area contributed by atoms with E-state index < -0.39 is 5.97 Å². The Morgan fingerprint density at radius 1 is 1.14 bits per heavy atom. The molecular weight excluding hydrogens is 368 g/mol. The molecule has 1 N–H and O–H groups in total. The van der Waals surface area contributed by atoms with E-state index in [4.69, 9.17) is 9.57 Å². The summed E-state index contributed by atoms with van der Waals surface area (Å²) in [6.07, 6.45) is 3.79. The summed E-state index contributed by atoms with van der Waals surface area (Å²) >= 11 is 0. The minimum absolute atomic E-state index is 0.191. The Kier molecular flexibility index (Phi) is 4.50. The zero-order chi connectivity index (χ0) is 19.8. The van der Waals surface area contributed by atoms with E-state index in [2.05, 4.69) is 21.5 Å². The predicted octanol–water partition coefficient (Wildman–Crippen LogP) is 3.26. The van der Waals surface area contributed by atoms with Gasteiger partial charge in [0.05, 0.1) is 18.3 Å². The molecule has 2 aliphatic rings. The number of quaternary nitrogens is 1. The largest absolute Gasteiger partial charge is 0.464 e. The summed E-state index contributed by atoms with van der Waals surface area (Å²) in [6.45, 7) is 1.82. The minimum atomic E-state index is -0.443. The molecule has 2 aliphatic heterocycles. The topological polar surface area (TPSA) is 73.3 Å². The average molecular weight is 391 g/mol. The highest BCUT2D eigenvalue weighted by atomic mass is 16.8. The van der Waals surface area contributed by atoms with Crippen molar-refractivity contribution in [1.29, 1.82) is 0 Å². The maximum atomic E-state index is 12.0. The van der Waals surface area contributed by atoms with Crippen molar-refractivity contribution in [2.45, 2.75) is 25.0 Å². The number of nitrogens with zero attached hydrogens (tertiary/aromatic N) is 3. The third-order valence-electron chi connectivity index (χ3n) is 5.75. The molecule has 7 nitrogen and oxygen atoms in total. The molecule has 2 atom stereocenters. The summed E-state index contributed by atoms with van der Waals surface area (Å²) in [5, 5.41) is 1.06. The Labute approximate surface area is 168 Å². The second-order valence-electron chi connectivity index (χ2n) is 7.53. The van der Waals surface area contributed by atoms with Crippen LogP contribution >= 0.6 is 0 Å². The van der Waals surface area contributed by atoms with Crippen molar-refractivity contribution in [3.05, 3.63) is 71.7 Å². The average Bonchev–Trinajstić information content (AvgIpc) is 3.40. The van der Waals surface area contributed by atoms with E-state index in [0.29, 0.717) is 10.4 Å². The Hall–Kier alpha value is -2.87. The number of carbonyl (C=O) groups is 1. The number of fused-ring (bicyclic) bond motifs is 1. The maximum Gasteiger partial charge on any atom is 0.356 e. The lowest BCUT2D eigenvalue weighted by molar-refractivity contribution is -1.12. The van der Waals surface area contributed by atoms with Crippen LogP contribution in [0.5, 0.6) is 0 Å². The van der Waals surface area contributed by atoms with E-state index in [1.165, 1.54) is 7.11 Å². The van der Waals surface area contributed by atoms with E-state index >= 15 is 0 Å². The zero-order valence-electron chi connectivity index (χ0n) is 16.2. The highest BCUT2D eigenvalue weighted by Crippen LogP contribution is 2.44. The highest BCUT2D eigenvalue weighted by Gasteiger charge is 2.51. The van der Waals surface area contributed by atoms with E-state index in [9.17, 15) is 4.79 Å². The second kappa shape index (κ2) is 7.18. The molecule has 0 bridgehead atoms. The zero-order valence-corrected chi connectivity index (χ0v) is 16.2. The number of aromatic nitrogens is 2. The number of hydroxylamine groups is 2. The van der Waals surface area contributed by atoms with Gasteiger partial charge in [0.15, 0.2) is 6.10 Å². The molecule has 5 rings (SSSR count). The molecule has 2 aromatic heterocycles. The molecule has 0 amide bonds. The van der Waals surface area contributed by atoms with Gasteiger partial charge in [-0.05, 0) is 24.3 Å². The van der Waals surface area contributed by atoms with Crippen LogP contribution in [0.1, 0.15) is 46.7 Å². The van der Waals surface area contributed by atoms with E-state index in [0.717, 1.165) is 48.1 Å². The van der Waals surface area contributed by atoms with Gasteiger partial charge in [-0.1, -0.05) is 24.3 Å². The van der Waals surface area contributed by atoms with E-state index in [1.54, 1.807) is 6.07 Å². The van der Waals surface area contributed by atoms with Gasteiger partial charge in [0.1, 0.15) is 24.8 Å². The molecule has 0 aliphatic carbocycles. The maximum absolute atomic E-state index is 12.0. The number of rotatable bonds is 3. The summed E-state index contributed by atoms with van der Waals surface area (Å²) < 4.78 is 5.26. The van der Waals surface area contributed by atoms with Gasteiger partial charge in [-0.3, -0.25) is 4.98 Å². The summed E-state index contributed by atoms with van der Waals surface area (Å²) in [7, 11) is 1.37. The molecule has 2 saturated heterocycles. The van der Waals surface area contributed by atoms with Gasteiger partial charge in [0.25, 0.3) is 0 Å². The van der Waals surface area contributed by atoms with Gasteiger partial charge < -0.3 is 4.74 Å². The predicted molar refractivity (Wildman–Crippen MR) is 106 cm³/mol. The quantitative estimate of drug-likeness (QED) is 0.546. The number of para-hydroxylation sites is 1. The Morgan fingerprint density at radius 2 is 1.97 bits per heavy atom. The number of nitrogens with one attached hydrogen (secondary N) is 1. The van der Waals surface area contributed by atoms with E-state index in [1.807, 2.05) is 42.6 Å². The number of esters is 1. The van der Waals surface area contributed by atoms with Gasteiger partial charge in [-0.15, -0.1) is 10.2 Å². The number of pyridine rings is 2. The van der Waals surface area contributed by atoms with Gasteiger partial charge in [0.2, 0.25) is 0 Å². The highest BCUT2D eigenvalue weighted by molar-refractivity contribution is 5.87.